The van der Waals surface area contributed by atoms with Crippen molar-refractivity contribution in [1.29, 1.82) is 0 Å². The summed E-state index contributed by atoms with van der Waals surface area (Å²) in [5, 5.41) is 0. The first kappa shape index (κ1) is 19.2. The summed E-state index contributed by atoms with van der Waals surface area (Å²) in [5.74, 6) is -0.567. The highest BCUT2D eigenvalue weighted by molar-refractivity contribution is 6.07. The molecule has 0 aromatic heterocycles. The van der Waals surface area contributed by atoms with Gasteiger partial charge in [0, 0.05) is 24.7 Å². The van der Waals surface area contributed by atoms with Gasteiger partial charge in [0.25, 0.3) is 0 Å². The molecule has 5 nitrogen and oxygen atoms in total. The molecule has 0 fully saturated rings. The number of carbonyl (C=O) groups excluding carboxylic acids is 2. The normalized spacial score (nSPS) is 25.2. The number of benzene rings is 2. The first-order chi connectivity index (χ1) is 14.1. The Morgan fingerprint density at radius 3 is 2.55 bits per heavy atom. The smallest absolute Gasteiger partial charge is 0.343 e. The maximum Gasteiger partial charge on any atom is 0.343 e. The van der Waals surface area contributed by atoms with Crippen LogP contribution in [0.4, 0.5) is 0 Å². The summed E-state index contributed by atoms with van der Waals surface area (Å²) in [5.41, 5.74) is -0.718. The molecule has 0 saturated carbocycles. The van der Waals surface area contributed by atoms with Crippen molar-refractivity contribution in [3.63, 3.8) is 0 Å². The van der Waals surface area contributed by atoms with Gasteiger partial charge in [-0.3, -0.25) is 4.79 Å². The lowest BCUT2D eigenvalue weighted by Gasteiger charge is -2.39. The number of hydrogen-bond acceptors (Lipinski definition) is 5. The van der Waals surface area contributed by atoms with Crippen molar-refractivity contribution in [1.82, 2.24) is 0 Å². The van der Waals surface area contributed by atoms with E-state index in [-0.39, 0.29) is 18.8 Å². The van der Waals surface area contributed by atoms with Gasteiger partial charge in [-0.15, -0.1) is 0 Å². The Kier molecular flexibility index (Phi) is 4.84. The minimum atomic E-state index is -1.59. The monoisotopic (exact) mass is 390 g/mol. The van der Waals surface area contributed by atoms with E-state index in [1.807, 2.05) is 60.7 Å². The van der Waals surface area contributed by atoms with Gasteiger partial charge in [0.05, 0.1) is 7.11 Å². The van der Waals surface area contributed by atoms with Crippen LogP contribution >= 0.6 is 0 Å². The molecule has 0 radical (unpaired) electrons. The number of allylic oxidation sites excluding steroid dienone is 1. The molecule has 1 aliphatic heterocycles. The number of methoxy groups -OCH3 is 1. The average Bonchev–Trinajstić information content (AvgIpc) is 3.23. The van der Waals surface area contributed by atoms with Crippen LogP contribution in [0, 0.1) is 0 Å². The maximum absolute atomic E-state index is 13.4. The Balaban J connectivity index is 1.80. The molecule has 0 saturated heterocycles. The summed E-state index contributed by atoms with van der Waals surface area (Å²) < 4.78 is 17.3. The minimum Gasteiger partial charge on any atom is -0.470 e. The van der Waals surface area contributed by atoms with E-state index >= 15 is 0 Å². The molecule has 2 unspecified atom stereocenters. The first-order valence-corrected chi connectivity index (χ1v) is 9.56. The second kappa shape index (κ2) is 7.33. The fraction of sp³-hybridized carbons (Fsp3) is 0.250. The standard InChI is InChI=1S/C24H22O5/c1-3-28-23(22(26)27-2)16-18-11-7-8-12-20(18)24(23)21(25)15-19(29-24)14-13-17-9-5-4-6-10-17/h4-15H,3,16H2,1-2H3/b14-13+. The van der Waals surface area contributed by atoms with E-state index in [1.165, 1.54) is 13.2 Å². The van der Waals surface area contributed by atoms with Crippen molar-refractivity contribution in [3.05, 3.63) is 89.2 Å². The summed E-state index contributed by atoms with van der Waals surface area (Å²) in [7, 11) is 1.29. The molecule has 1 spiro atoms. The Labute approximate surface area is 169 Å². The first-order valence-electron chi connectivity index (χ1n) is 9.56. The molecule has 2 aliphatic rings. The van der Waals surface area contributed by atoms with Crippen LogP contribution in [0.3, 0.4) is 0 Å². The molecule has 5 heteroatoms. The zero-order chi connectivity index (χ0) is 20.5. The van der Waals surface area contributed by atoms with E-state index < -0.39 is 17.2 Å². The molecular formula is C24H22O5. The van der Waals surface area contributed by atoms with Gasteiger partial charge in [-0.2, -0.15) is 0 Å². The molecule has 2 atom stereocenters. The third-order valence-corrected chi connectivity index (χ3v) is 5.44. The molecule has 148 valence electrons. The van der Waals surface area contributed by atoms with E-state index in [9.17, 15) is 9.59 Å². The fourth-order valence-electron chi connectivity index (χ4n) is 4.25. The molecule has 0 bridgehead atoms. The third kappa shape index (κ3) is 2.81. The predicted octanol–water partition coefficient (Wildman–Crippen LogP) is 3.58. The van der Waals surface area contributed by atoms with Crippen molar-refractivity contribution in [2.24, 2.45) is 0 Å². The molecule has 2 aromatic carbocycles. The molecule has 29 heavy (non-hydrogen) atoms. The molecular weight excluding hydrogens is 368 g/mol. The van der Waals surface area contributed by atoms with Crippen molar-refractivity contribution in [3.8, 4) is 0 Å². The quantitative estimate of drug-likeness (QED) is 0.731. The zero-order valence-electron chi connectivity index (χ0n) is 16.4. The number of hydrogen-bond donors (Lipinski definition) is 0. The summed E-state index contributed by atoms with van der Waals surface area (Å²) in [6.45, 7) is 2.01. The molecule has 1 aliphatic carbocycles. The van der Waals surface area contributed by atoms with Gasteiger partial charge in [-0.1, -0.05) is 60.7 Å². The third-order valence-electron chi connectivity index (χ3n) is 5.44. The number of carbonyl (C=O) groups is 2. The van der Waals surface area contributed by atoms with Gasteiger partial charge in [0.15, 0.2) is 0 Å². The second-order valence-electron chi connectivity index (χ2n) is 7.02. The number of ketones is 1. The number of fused-ring (bicyclic) bond motifs is 2. The van der Waals surface area contributed by atoms with Crippen molar-refractivity contribution in [2.45, 2.75) is 24.5 Å². The Morgan fingerprint density at radius 1 is 1.10 bits per heavy atom. The van der Waals surface area contributed by atoms with Crippen LogP contribution in [0.15, 0.2) is 72.5 Å². The van der Waals surface area contributed by atoms with E-state index in [1.54, 1.807) is 13.0 Å². The fourth-order valence-corrected chi connectivity index (χ4v) is 4.25. The van der Waals surface area contributed by atoms with Crippen LogP contribution in [0.2, 0.25) is 0 Å². The lowest BCUT2D eigenvalue weighted by atomic mass is 9.79. The van der Waals surface area contributed by atoms with Crippen LogP contribution in [-0.4, -0.2) is 31.1 Å². The van der Waals surface area contributed by atoms with Crippen molar-refractivity contribution >= 4 is 17.8 Å². The second-order valence-corrected chi connectivity index (χ2v) is 7.02. The molecule has 1 heterocycles. The van der Waals surface area contributed by atoms with Gasteiger partial charge in [0.1, 0.15) is 5.76 Å². The number of rotatable bonds is 5. The van der Waals surface area contributed by atoms with Crippen LogP contribution in [0.1, 0.15) is 23.6 Å². The summed E-state index contributed by atoms with van der Waals surface area (Å²) in [4.78, 5) is 26.3. The van der Waals surface area contributed by atoms with Crippen LogP contribution in [-0.2, 0) is 35.8 Å². The van der Waals surface area contributed by atoms with E-state index in [4.69, 9.17) is 14.2 Å². The molecule has 0 amide bonds. The van der Waals surface area contributed by atoms with Crippen LogP contribution < -0.4 is 0 Å². The van der Waals surface area contributed by atoms with E-state index in [0.29, 0.717) is 11.3 Å². The Hall–Kier alpha value is -3.18. The minimum absolute atomic E-state index is 0.207. The highest BCUT2D eigenvalue weighted by Crippen LogP contribution is 2.54. The van der Waals surface area contributed by atoms with Crippen LogP contribution in [0.5, 0.6) is 0 Å². The number of ether oxygens (including phenoxy) is 3. The van der Waals surface area contributed by atoms with Crippen molar-refractivity contribution < 1.29 is 23.8 Å². The van der Waals surface area contributed by atoms with E-state index in [0.717, 1.165) is 11.1 Å². The SMILES string of the molecule is CCOC1(C(=O)OC)Cc2ccccc2C12OC(/C=C/c1ccccc1)=CC2=O. The van der Waals surface area contributed by atoms with Gasteiger partial charge in [-0.05, 0) is 24.1 Å². The molecule has 4 rings (SSSR count). The Morgan fingerprint density at radius 2 is 1.83 bits per heavy atom. The van der Waals surface area contributed by atoms with Gasteiger partial charge >= 0.3 is 5.97 Å². The van der Waals surface area contributed by atoms with E-state index in [2.05, 4.69) is 0 Å². The number of esters is 1. The molecule has 2 aromatic rings. The average molecular weight is 390 g/mol. The van der Waals surface area contributed by atoms with Crippen LogP contribution in [0.25, 0.3) is 6.08 Å². The van der Waals surface area contributed by atoms with Gasteiger partial charge < -0.3 is 14.2 Å². The highest BCUT2D eigenvalue weighted by atomic mass is 16.6. The highest BCUT2D eigenvalue weighted by Gasteiger charge is 2.71. The Bertz CT molecular complexity index is 1010. The molecule has 0 N–H and O–H groups in total. The van der Waals surface area contributed by atoms with Gasteiger partial charge in [-0.25, -0.2) is 4.79 Å². The predicted molar refractivity (Wildman–Crippen MR) is 108 cm³/mol. The van der Waals surface area contributed by atoms with Crippen molar-refractivity contribution in [2.75, 3.05) is 13.7 Å². The summed E-state index contributed by atoms with van der Waals surface area (Å²) >= 11 is 0. The lowest BCUT2D eigenvalue weighted by Crippen LogP contribution is -2.60. The topological polar surface area (TPSA) is 61.8 Å². The van der Waals surface area contributed by atoms with Gasteiger partial charge in [0.2, 0.25) is 17.0 Å². The summed E-state index contributed by atoms with van der Waals surface area (Å²) in [6.07, 6.45) is 5.23. The largest absolute Gasteiger partial charge is 0.470 e. The maximum atomic E-state index is 13.4. The zero-order valence-corrected chi connectivity index (χ0v) is 16.4. The summed E-state index contributed by atoms with van der Waals surface area (Å²) in [6, 6.07) is 17.1. The lowest BCUT2D eigenvalue weighted by molar-refractivity contribution is -0.206.